The predicted octanol–water partition coefficient (Wildman–Crippen LogP) is 1.58. The Labute approximate surface area is 306 Å². The number of carboxylic acids is 1. The van der Waals surface area contributed by atoms with Gasteiger partial charge in [0.1, 0.15) is 48.8 Å². The third-order valence-electron chi connectivity index (χ3n) is 9.69. The fourth-order valence-corrected chi connectivity index (χ4v) is 6.50. The molecule has 0 aromatic carbocycles. The van der Waals surface area contributed by atoms with Crippen molar-refractivity contribution >= 4 is 17.9 Å². The van der Waals surface area contributed by atoms with E-state index in [1.54, 1.807) is 0 Å². The lowest BCUT2D eigenvalue weighted by Gasteiger charge is -2.45. The fourth-order valence-electron chi connectivity index (χ4n) is 6.50. The van der Waals surface area contributed by atoms with Crippen LogP contribution in [0.4, 0.5) is 0 Å². The van der Waals surface area contributed by atoms with Crippen LogP contribution in [-0.4, -0.2) is 139 Å². The van der Waals surface area contributed by atoms with E-state index in [1.165, 1.54) is 0 Å². The number of esters is 2. The fraction of sp³-hybridized carbons (Fsp3) is 0.917. The summed E-state index contributed by atoms with van der Waals surface area (Å²) in [5.41, 5.74) is 0. The molecule has 0 unspecified atom stereocenters. The number of ether oxygens (including phenoxy) is 5. The molecule has 2 heterocycles. The molecule has 304 valence electrons. The standard InChI is InChI=1S/C36H64O16/c1-2-3-15-18-23(48-34(47)33(45)46)19-16-13-11-9-7-5-4-6-8-10-12-14-17-20-26(39)51-32-28(41)25(22-38)50-36(31(32)44)52-35-30(43)29(42)27(40)24(21-37)49-35/h23-25,27-32,35-38,40-44H,2-22H2,1H3,(H,45,46)/t23-,24+,25+,27-,28+,29-,30+,31+,32-,35+,36+/m0/s1. The number of aliphatic hydroxyl groups excluding tert-OH is 7. The van der Waals surface area contributed by atoms with E-state index in [9.17, 15) is 50.1 Å². The van der Waals surface area contributed by atoms with Crippen molar-refractivity contribution in [2.75, 3.05) is 13.2 Å². The Morgan fingerprint density at radius 1 is 0.596 bits per heavy atom. The molecule has 2 rings (SSSR count). The molecule has 0 amide bonds. The number of carbonyl (C=O) groups is 3. The highest BCUT2D eigenvalue weighted by atomic mass is 16.8. The maximum atomic E-state index is 12.6. The summed E-state index contributed by atoms with van der Waals surface area (Å²) in [5, 5.41) is 79.5. The molecule has 2 aliphatic rings. The number of hydrogen-bond acceptors (Lipinski definition) is 15. The van der Waals surface area contributed by atoms with Gasteiger partial charge in [-0.3, -0.25) is 4.79 Å². The van der Waals surface area contributed by atoms with Crippen LogP contribution in [0.3, 0.4) is 0 Å². The zero-order chi connectivity index (χ0) is 38.5. The SMILES string of the molecule is CCCCC[C@@H](CCCCCCCCCCCCCCCC(=O)O[C@@H]1[C@@H](O)[C@@H](O[C@H]2O[C@H](CO)[C@H](O)[C@H](O)[C@H]2O)O[C@H](CO)[C@H]1O)OC(=O)C(=O)O. The number of aliphatic hydroxyl groups is 7. The molecule has 0 spiro atoms. The van der Waals surface area contributed by atoms with E-state index in [-0.39, 0.29) is 12.5 Å². The Morgan fingerprint density at radius 2 is 1.06 bits per heavy atom. The van der Waals surface area contributed by atoms with Crippen molar-refractivity contribution in [2.24, 2.45) is 0 Å². The normalized spacial score (nSPS) is 29.8. The highest BCUT2D eigenvalue weighted by Gasteiger charge is 2.51. The van der Waals surface area contributed by atoms with Crippen molar-refractivity contribution in [3.05, 3.63) is 0 Å². The first-order valence-electron chi connectivity index (χ1n) is 19.2. The first-order valence-corrected chi connectivity index (χ1v) is 19.2. The maximum absolute atomic E-state index is 12.6. The summed E-state index contributed by atoms with van der Waals surface area (Å²) < 4.78 is 26.6. The van der Waals surface area contributed by atoms with Crippen LogP contribution in [0, 0.1) is 0 Å². The lowest BCUT2D eigenvalue weighted by molar-refractivity contribution is -0.376. The summed E-state index contributed by atoms with van der Waals surface area (Å²) in [6.07, 6.45) is 1.39. The summed E-state index contributed by atoms with van der Waals surface area (Å²) >= 11 is 0. The summed E-state index contributed by atoms with van der Waals surface area (Å²) in [6.45, 7) is 0.673. The number of carboxylic acid groups (broad SMARTS) is 1. The molecular formula is C36H64O16. The number of carbonyl (C=O) groups excluding carboxylic acids is 2. The summed E-state index contributed by atoms with van der Waals surface area (Å²) in [4.78, 5) is 34.9. The molecule has 2 fully saturated rings. The predicted molar refractivity (Wildman–Crippen MR) is 183 cm³/mol. The summed E-state index contributed by atoms with van der Waals surface area (Å²) in [6, 6.07) is 0. The summed E-state index contributed by atoms with van der Waals surface area (Å²) in [5.74, 6) is -3.38. The van der Waals surface area contributed by atoms with Gasteiger partial charge < -0.3 is 64.5 Å². The van der Waals surface area contributed by atoms with Gasteiger partial charge in [-0.25, -0.2) is 9.59 Å². The topological polar surface area (TPSA) is 259 Å². The van der Waals surface area contributed by atoms with Gasteiger partial charge in [-0.05, 0) is 32.1 Å². The van der Waals surface area contributed by atoms with Crippen molar-refractivity contribution < 1.29 is 78.9 Å². The van der Waals surface area contributed by atoms with Gasteiger partial charge in [0.15, 0.2) is 18.7 Å². The number of rotatable bonds is 26. The molecule has 0 aromatic heterocycles. The van der Waals surface area contributed by atoms with Crippen molar-refractivity contribution in [1.82, 2.24) is 0 Å². The molecule has 16 nitrogen and oxygen atoms in total. The second-order valence-electron chi connectivity index (χ2n) is 14.0. The van der Waals surface area contributed by atoms with Gasteiger partial charge in [-0.2, -0.15) is 0 Å². The van der Waals surface area contributed by atoms with Gasteiger partial charge in [0.2, 0.25) is 0 Å². The van der Waals surface area contributed by atoms with E-state index < -0.39 is 92.5 Å². The van der Waals surface area contributed by atoms with E-state index >= 15 is 0 Å². The number of aliphatic carboxylic acids is 1. The molecule has 11 atom stereocenters. The first-order chi connectivity index (χ1) is 24.9. The molecule has 0 aromatic rings. The van der Waals surface area contributed by atoms with Crippen LogP contribution in [0.5, 0.6) is 0 Å². The Morgan fingerprint density at radius 3 is 1.56 bits per heavy atom. The lowest BCUT2D eigenvalue weighted by Crippen LogP contribution is -2.64. The molecule has 8 N–H and O–H groups in total. The Bertz CT molecular complexity index is 997. The second kappa shape index (κ2) is 25.9. The minimum Gasteiger partial charge on any atom is -0.473 e. The van der Waals surface area contributed by atoms with Gasteiger partial charge in [0.05, 0.1) is 13.2 Å². The molecule has 0 saturated carbocycles. The van der Waals surface area contributed by atoms with Crippen molar-refractivity contribution in [2.45, 2.75) is 196 Å². The maximum Gasteiger partial charge on any atom is 0.417 e. The highest BCUT2D eigenvalue weighted by molar-refractivity contribution is 6.28. The number of unbranched alkanes of at least 4 members (excludes halogenated alkanes) is 14. The monoisotopic (exact) mass is 752 g/mol. The highest BCUT2D eigenvalue weighted by Crippen LogP contribution is 2.29. The molecule has 0 aliphatic carbocycles. The first kappa shape index (κ1) is 46.2. The van der Waals surface area contributed by atoms with Gasteiger partial charge in [-0.1, -0.05) is 90.4 Å². The Balaban J connectivity index is 1.56. The third-order valence-corrected chi connectivity index (χ3v) is 9.69. The number of hydrogen-bond donors (Lipinski definition) is 8. The van der Waals surface area contributed by atoms with Gasteiger partial charge in [-0.15, -0.1) is 0 Å². The van der Waals surface area contributed by atoms with Crippen LogP contribution in [0.25, 0.3) is 0 Å². The molecule has 2 saturated heterocycles. The average molecular weight is 753 g/mol. The minimum absolute atomic E-state index is 0.0474. The van der Waals surface area contributed by atoms with Crippen molar-refractivity contribution in [3.63, 3.8) is 0 Å². The molecule has 2 aliphatic heterocycles. The van der Waals surface area contributed by atoms with Crippen LogP contribution in [-0.2, 0) is 38.1 Å². The van der Waals surface area contributed by atoms with E-state index in [4.69, 9.17) is 28.8 Å². The molecule has 16 heteroatoms. The van der Waals surface area contributed by atoms with E-state index in [0.29, 0.717) is 19.3 Å². The smallest absolute Gasteiger partial charge is 0.417 e. The molecular weight excluding hydrogens is 688 g/mol. The van der Waals surface area contributed by atoms with Crippen molar-refractivity contribution in [1.29, 1.82) is 0 Å². The van der Waals surface area contributed by atoms with Gasteiger partial charge in [0.25, 0.3) is 0 Å². The van der Waals surface area contributed by atoms with E-state index in [2.05, 4.69) is 6.92 Å². The Hall–Kier alpha value is -1.99. The second-order valence-corrected chi connectivity index (χ2v) is 14.0. The van der Waals surface area contributed by atoms with Crippen LogP contribution < -0.4 is 0 Å². The largest absolute Gasteiger partial charge is 0.473 e. The van der Waals surface area contributed by atoms with E-state index in [0.717, 1.165) is 96.3 Å². The zero-order valence-corrected chi connectivity index (χ0v) is 30.5. The minimum atomic E-state index is -1.79. The zero-order valence-electron chi connectivity index (χ0n) is 30.5. The van der Waals surface area contributed by atoms with Crippen LogP contribution >= 0.6 is 0 Å². The molecule has 52 heavy (non-hydrogen) atoms. The van der Waals surface area contributed by atoms with Crippen LogP contribution in [0.1, 0.15) is 129 Å². The molecule has 0 bridgehead atoms. The van der Waals surface area contributed by atoms with Crippen molar-refractivity contribution in [3.8, 4) is 0 Å². The van der Waals surface area contributed by atoms with Gasteiger partial charge in [0, 0.05) is 6.42 Å². The third kappa shape index (κ3) is 16.2. The van der Waals surface area contributed by atoms with Gasteiger partial charge >= 0.3 is 17.9 Å². The Kier molecular flexibility index (Phi) is 23.0. The van der Waals surface area contributed by atoms with Crippen LogP contribution in [0.15, 0.2) is 0 Å². The lowest BCUT2D eigenvalue weighted by atomic mass is 9.98. The van der Waals surface area contributed by atoms with E-state index in [1.807, 2.05) is 0 Å². The molecule has 0 radical (unpaired) electrons. The quantitative estimate of drug-likeness (QED) is 0.0354. The summed E-state index contributed by atoms with van der Waals surface area (Å²) in [7, 11) is 0. The average Bonchev–Trinajstić information content (AvgIpc) is 3.12. The van der Waals surface area contributed by atoms with Crippen LogP contribution in [0.2, 0.25) is 0 Å².